The number of fused-ring (bicyclic) bond motifs is 1. The van der Waals surface area contributed by atoms with E-state index in [4.69, 9.17) is 9.47 Å². The van der Waals surface area contributed by atoms with Crippen LogP contribution in [0.25, 0.3) is 0 Å². The Bertz CT molecular complexity index is 697. The summed E-state index contributed by atoms with van der Waals surface area (Å²) in [6.45, 7) is 1.01. The number of hydrogen-bond donors (Lipinski definition) is 1. The smallest absolute Gasteiger partial charge is 0.161 e. The van der Waals surface area contributed by atoms with E-state index in [1.165, 1.54) is 12.1 Å². The van der Waals surface area contributed by atoms with E-state index in [9.17, 15) is 9.65 Å². The van der Waals surface area contributed by atoms with Crippen LogP contribution in [0.2, 0.25) is 0 Å². The zero-order valence-corrected chi connectivity index (χ0v) is 11.2. The second-order valence-electron chi connectivity index (χ2n) is 4.62. The number of anilines is 1. The van der Waals surface area contributed by atoms with Crippen LogP contribution in [-0.2, 0) is 0 Å². The molecule has 2 aromatic rings. The SMILES string of the molecule is N#CC(Nc1cccc(F)c1)c1ccc2c(c1)OCCO2. The summed E-state index contributed by atoms with van der Waals surface area (Å²) in [5.41, 5.74) is 1.29. The molecule has 3 rings (SSSR count). The summed E-state index contributed by atoms with van der Waals surface area (Å²) in [7, 11) is 0. The topological polar surface area (TPSA) is 54.3 Å². The van der Waals surface area contributed by atoms with Gasteiger partial charge in [0.05, 0.1) is 6.07 Å². The number of nitrogens with one attached hydrogen (secondary N) is 1. The van der Waals surface area contributed by atoms with Crippen molar-refractivity contribution in [1.29, 1.82) is 5.26 Å². The molecular weight excluding hydrogens is 271 g/mol. The van der Waals surface area contributed by atoms with Crippen LogP contribution < -0.4 is 14.8 Å². The number of ether oxygens (including phenoxy) is 2. The summed E-state index contributed by atoms with van der Waals surface area (Å²) in [6, 6.07) is 12.9. The van der Waals surface area contributed by atoms with Crippen molar-refractivity contribution in [2.75, 3.05) is 18.5 Å². The molecule has 21 heavy (non-hydrogen) atoms. The molecule has 0 radical (unpaired) electrons. The van der Waals surface area contributed by atoms with E-state index in [-0.39, 0.29) is 5.82 Å². The maximum atomic E-state index is 13.2. The van der Waals surface area contributed by atoms with Crippen molar-refractivity contribution < 1.29 is 13.9 Å². The summed E-state index contributed by atoms with van der Waals surface area (Å²) in [5, 5.41) is 12.3. The molecule has 0 bridgehead atoms. The molecule has 0 spiro atoms. The third-order valence-corrected chi connectivity index (χ3v) is 3.16. The van der Waals surface area contributed by atoms with Crippen LogP contribution in [0.1, 0.15) is 11.6 Å². The lowest BCUT2D eigenvalue weighted by Gasteiger charge is -2.20. The molecule has 0 saturated carbocycles. The van der Waals surface area contributed by atoms with Gasteiger partial charge in [0.15, 0.2) is 11.5 Å². The Labute approximate surface area is 121 Å². The van der Waals surface area contributed by atoms with Gasteiger partial charge in [-0.15, -0.1) is 0 Å². The van der Waals surface area contributed by atoms with Gasteiger partial charge in [0.25, 0.3) is 0 Å². The highest BCUT2D eigenvalue weighted by Gasteiger charge is 2.16. The van der Waals surface area contributed by atoms with Crippen LogP contribution in [0, 0.1) is 17.1 Å². The van der Waals surface area contributed by atoms with Crippen LogP contribution in [0.5, 0.6) is 11.5 Å². The molecule has 1 aliphatic rings. The lowest BCUT2D eigenvalue weighted by atomic mass is 10.1. The van der Waals surface area contributed by atoms with E-state index in [0.717, 1.165) is 5.56 Å². The molecule has 1 aliphatic heterocycles. The Morgan fingerprint density at radius 3 is 2.67 bits per heavy atom. The summed E-state index contributed by atoms with van der Waals surface area (Å²) < 4.78 is 24.1. The first-order valence-electron chi connectivity index (χ1n) is 6.57. The number of nitriles is 1. The molecule has 1 unspecified atom stereocenters. The molecule has 4 nitrogen and oxygen atoms in total. The fraction of sp³-hybridized carbons (Fsp3) is 0.188. The third-order valence-electron chi connectivity index (χ3n) is 3.16. The second-order valence-corrected chi connectivity index (χ2v) is 4.62. The molecule has 0 amide bonds. The minimum Gasteiger partial charge on any atom is -0.486 e. The molecule has 1 N–H and O–H groups in total. The van der Waals surface area contributed by atoms with Crippen LogP contribution in [-0.4, -0.2) is 13.2 Å². The van der Waals surface area contributed by atoms with Gasteiger partial charge in [-0.1, -0.05) is 12.1 Å². The van der Waals surface area contributed by atoms with Gasteiger partial charge in [-0.05, 0) is 35.9 Å². The van der Waals surface area contributed by atoms with Gasteiger partial charge in [0.2, 0.25) is 0 Å². The molecular formula is C16H13FN2O2. The Kier molecular flexibility index (Phi) is 3.61. The maximum absolute atomic E-state index is 13.2. The van der Waals surface area contributed by atoms with E-state index in [1.54, 1.807) is 30.3 Å². The first kappa shape index (κ1) is 13.3. The lowest BCUT2D eigenvalue weighted by Crippen LogP contribution is -2.16. The maximum Gasteiger partial charge on any atom is 0.161 e. The normalized spacial score (nSPS) is 14.1. The number of rotatable bonds is 3. The number of halogens is 1. The fourth-order valence-electron chi connectivity index (χ4n) is 2.17. The Morgan fingerprint density at radius 2 is 1.90 bits per heavy atom. The quantitative estimate of drug-likeness (QED) is 0.939. The number of nitrogens with zero attached hydrogens (tertiary/aromatic N) is 1. The van der Waals surface area contributed by atoms with Crippen molar-refractivity contribution in [1.82, 2.24) is 0 Å². The van der Waals surface area contributed by atoms with Crippen molar-refractivity contribution in [3.8, 4) is 17.6 Å². The monoisotopic (exact) mass is 284 g/mol. The molecule has 0 saturated heterocycles. The molecule has 0 fully saturated rings. The minimum atomic E-state index is -0.595. The third kappa shape index (κ3) is 2.90. The summed E-state index contributed by atoms with van der Waals surface area (Å²) in [4.78, 5) is 0. The summed E-state index contributed by atoms with van der Waals surface area (Å²) >= 11 is 0. The zero-order valence-electron chi connectivity index (χ0n) is 11.2. The van der Waals surface area contributed by atoms with Gasteiger partial charge in [-0.3, -0.25) is 0 Å². The van der Waals surface area contributed by atoms with E-state index in [0.29, 0.717) is 30.4 Å². The first-order chi connectivity index (χ1) is 10.3. The van der Waals surface area contributed by atoms with E-state index in [1.807, 2.05) is 0 Å². The number of hydrogen-bond acceptors (Lipinski definition) is 4. The largest absolute Gasteiger partial charge is 0.486 e. The Balaban J connectivity index is 1.85. The molecule has 0 aromatic heterocycles. The molecule has 1 atom stereocenters. The van der Waals surface area contributed by atoms with Gasteiger partial charge >= 0.3 is 0 Å². The van der Waals surface area contributed by atoms with Gasteiger partial charge in [0, 0.05) is 5.69 Å². The molecule has 106 valence electrons. The van der Waals surface area contributed by atoms with E-state index < -0.39 is 6.04 Å². The Hall–Kier alpha value is -2.74. The van der Waals surface area contributed by atoms with E-state index in [2.05, 4.69) is 11.4 Å². The van der Waals surface area contributed by atoms with Crippen molar-refractivity contribution in [3.63, 3.8) is 0 Å². The average Bonchev–Trinajstić information content (AvgIpc) is 2.52. The highest BCUT2D eigenvalue weighted by Crippen LogP contribution is 2.33. The van der Waals surface area contributed by atoms with Crippen molar-refractivity contribution in [2.45, 2.75) is 6.04 Å². The predicted molar refractivity (Wildman–Crippen MR) is 75.8 cm³/mol. The fourth-order valence-corrected chi connectivity index (χ4v) is 2.17. The second kappa shape index (κ2) is 5.71. The van der Waals surface area contributed by atoms with Crippen LogP contribution in [0.4, 0.5) is 10.1 Å². The lowest BCUT2D eigenvalue weighted by molar-refractivity contribution is 0.171. The highest BCUT2D eigenvalue weighted by atomic mass is 19.1. The highest BCUT2D eigenvalue weighted by molar-refractivity contribution is 5.51. The molecule has 5 heteroatoms. The van der Waals surface area contributed by atoms with Crippen LogP contribution >= 0.6 is 0 Å². The van der Waals surface area contributed by atoms with Crippen molar-refractivity contribution in [3.05, 3.63) is 53.8 Å². The predicted octanol–water partition coefficient (Wildman–Crippen LogP) is 3.27. The Morgan fingerprint density at radius 1 is 1.10 bits per heavy atom. The minimum absolute atomic E-state index is 0.348. The first-order valence-corrected chi connectivity index (χ1v) is 6.57. The molecule has 2 aromatic carbocycles. The molecule has 0 aliphatic carbocycles. The number of benzene rings is 2. The van der Waals surface area contributed by atoms with Gasteiger partial charge in [-0.25, -0.2) is 4.39 Å². The average molecular weight is 284 g/mol. The summed E-state index contributed by atoms with van der Waals surface area (Å²) in [6.07, 6.45) is 0. The standard InChI is InChI=1S/C16H13FN2O2/c17-12-2-1-3-13(9-12)19-14(10-18)11-4-5-15-16(8-11)21-7-6-20-15/h1-5,8-9,14,19H,6-7H2. The van der Waals surface area contributed by atoms with Crippen molar-refractivity contribution >= 4 is 5.69 Å². The molecule has 1 heterocycles. The summed E-state index contributed by atoms with van der Waals surface area (Å²) in [5.74, 6) is 0.950. The van der Waals surface area contributed by atoms with Gasteiger partial charge < -0.3 is 14.8 Å². The van der Waals surface area contributed by atoms with Gasteiger partial charge in [-0.2, -0.15) is 5.26 Å². The van der Waals surface area contributed by atoms with Crippen LogP contribution in [0.15, 0.2) is 42.5 Å². The van der Waals surface area contributed by atoms with Crippen LogP contribution in [0.3, 0.4) is 0 Å². The van der Waals surface area contributed by atoms with Crippen molar-refractivity contribution in [2.24, 2.45) is 0 Å². The van der Waals surface area contributed by atoms with E-state index >= 15 is 0 Å². The zero-order chi connectivity index (χ0) is 14.7. The van der Waals surface area contributed by atoms with Gasteiger partial charge in [0.1, 0.15) is 25.1 Å².